The molecule has 2 aromatic carbocycles. The van der Waals surface area contributed by atoms with Crippen LogP contribution in [0.5, 0.6) is 0 Å². The highest BCUT2D eigenvalue weighted by atomic mass is 19.1. The maximum Gasteiger partial charge on any atom is 0.246 e. The zero-order chi connectivity index (χ0) is 31.0. The van der Waals surface area contributed by atoms with Crippen LogP contribution in [0.25, 0.3) is 32.9 Å². The van der Waals surface area contributed by atoms with Crippen LogP contribution in [-0.4, -0.2) is 75.1 Å². The van der Waals surface area contributed by atoms with Gasteiger partial charge in [0.2, 0.25) is 17.8 Å². The fourth-order valence-corrected chi connectivity index (χ4v) is 6.89. The number of carbonyl (C=O) groups is 2. The van der Waals surface area contributed by atoms with Crippen molar-refractivity contribution in [1.29, 1.82) is 0 Å². The molecule has 7 rings (SSSR count). The van der Waals surface area contributed by atoms with Crippen LogP contribution in [0.15, 0.2) is 30.9 Å². The second-order valence-corrected chi connectivity index (χ2v) is 12.7. The number of aromatic nitrogens is 4. The lowest BCUT2D eigenvalue weighted by atomic mass is 9.90. The molecule has 0 bridgehead atoms. The molecule has 2 aliphatic heterocycles. The topological polar surface area (TPSA) is 124 Å². The lowest BCUT2D eigenvalue weighted by Gasteiger charge is -2.45. The molecule has 0 spiro atoms. The van der Waals surface area contributed by atoms with Crippen molar-refractivity contribution in [3.63, 3.8) is 0 Å². The summed E-state index contributed by atoms with van der Waals surface area (Å²) in [5.74, 6) is 0.193. The number of nitrogens with two attached hydrogens (primary N) is 1. The second-order valence-electron chi connectivity index (χ2n) is 12.7. The van der Waals surface area contributed by atoms with Crippen molar-refractivity contribution in [1.82, 2.24) is 25.1 Å². The number of rotatable bonds is 6. The normalized spacial score (nSPS) is 20.8. The Bertz CT molecular complexity index is 1860. The number of piperazine rings is 1. The number of fused-ring (bicyclic) bond motifs is 2. The van der Waals surface area contributed by atoms with Crippen molar-refractivity contribution in [2.45, 2.75) is 58.5 Å². The average Bonchev–Trinajstić information content (AvgIpc) is 3.72. The van der Waals surface area contributed by atoms with Gasteiger partial charge in [-0.3, -0.25) is 14.7 Å². The molecule has 0 radical (unpaired) electrons. The summed E-state index contributed by atoms with van der Waals surface area (Å²) in [5.41, 5.74) is 10.8. The van der Waals surface area contributed by atoms with Crippen molar-refractivity contribution in [3.8, 4) is 11.1 Å². The second kappa shape index (κ2) is 10.3. The van der Waals surface area contributed by atoms with Gasteiger partial charge in [0.05, 0.1) is 11.4 Å². The van der Waals surface area contributed by atoms with Crippen LogP contribution >= 0.6 is 0 Å². The van der Waals surface area contributed by atoms with Gasteiger partial charge in [-0.05, 0) is 75.4 Å². The predicted molar refractivity (Wildman–Crippen MR) is 169 cm³/mol. The van der Waals surface area contributed by atoms with E-state index in [9.17, 15) is 9.59 Å². The van der Waals surface area contributed by atoms with Gasteiger partial charge in [-0.1, -0.05) is 12.6 Å². The van der Waals surface area contributed by atoms with Crippen molar-refractivity contribution in [2.24, 2.45) is 11.7 Å². The summed E-state index contributed by atoms with van der Waals surface area (Å²) in [6.07, 6.45) is 3.52. The smallest absolute Gasteiger partial charge is 0.246 e. The Morgan fingerprint density at radius 2 is 1.80 bits per heavy atom. The Morgan fingerprint density at radius 1 is 1.05 bits per heavy atom. The van der Waals surface area contributed by atoms with Crippen molar-refractivity contribution in [3.05, 3.63) is 53.5 Å². The molecular weight excluding hydrogens is 559 g/mol. The lowest BCUT2D eigenvalue weighted by molar-refractivity contribution is -0.128. The molecule has 3 fully saturated rings. The van der Waals surface area contributed by atoms with Crippen LogP contribution in [-0.2, 0) is 9.59 Å². The minimum atomic E-state index is -0.406. The van der Waals surface area contributed by atoms with E-state index in [1.807, 2.05) is 50.8 Å². The summed E-state index contributed by atoms with van der Waals surface area (Å²) in [6, 6.07) is 5.76. The third kappa shape index (κ3) is 4.39. The number of nitrogens with zero attached hydrogens (tertiary/aromatic N) is 6. The molecule has 2 amide bonds. The number of carbonyl (C=O) groups excluding carboxylic acids is 2. The molecule has 1 saturated carbocycles. The van der Waals surface area contributed by atoms with E-state index in [1.54, 1.807) is 4.90 Å². The average molecular weight is 597 g/mol. The van der Waals surface area contributed by atoms with Gasteiger partial charge in [0.1, 0.15) is 11.3 Å². The number of benzene rings is 2. The molecule has 4 heterocycles. The maximum atomic E-state index is 17.2. The summed E-state index contributed by atoms with van der Waals surface area (Å²) in [5, 5.41) is 9.38. The van der Waals surface area contributed by atoms with E-state index < -0.39 is 5.82 Å². The summed E-state index contributed by atoms with van der Waals surface area (Å²) in [7, 11) is 0. The molecule has 10 nitrogen and oxygen atoms in total. The molecule has 228 valence electrons. The number of aryl methyl sites for hydroxylation is 2. The highest BCUT2D eigenvalue weighted by Crippen LogP contribution is 2.47. The van der Waals surface area contributed by atoms with E-state index in [2.05, 4.69) is 21.7 Å². The summed E-state index contributed by atoms with van der Waals surface area (Å²) < 4.78 is 17.2. The SMILES string of the molecule is C=CC(=O)N1C[C@H](C)N(c2nc(N3CC(C(N)=O)C3)nc3c(F)c(-c4c(C)ccc5n[nH]c(C6CC6)c45)c(C)cc23)C[C@H]1C. The number of H-pyrrole nitrogens is 1. The molecule has 3 aliphatic rings. The van der Waals surface area contributed by atoms with Gasteiger partial charge < -0.3 is 20.4 Å². The monoisotopic (exact) mass is 596 g/mol. The number of primary amides is 1. The van der Waals surface area contributed by atoms with Gasteiger partial charge >= 0.3 is 0 Å². The molecule has 4 aromatic rings. The molecule has 0 unspecified atom stereocenters. The molecule has 2 atom stereocenters. The lowest BCUT2D eigenvalue weighted by Crippen LogP contribution is -2.58. The van der Waals surface area contributed by atoms with Gasteiger partial charge in [-0.15, -0.1) is 0 Å². The molecule has 44 heavy (non-hydrogen) atoms. The van der Waals surface area contributed by atoms with E-state index in [0.717, 1.165) is 46.1 Å². The Labute approximate surface area is 255 Å². The van der Waals surface area contributed by atoms with Gasteiger partial charge in [-0.25, -0.2) is 9.37 Å². The maximum absolute atomic E-state index is 17.2. The summed E-state index contributed by atoms with van der Waals surface area (Å²) in [6.45, 7) is 13.4. The third-order valence-electron chi connectivity index (χ3n) is 9.57. The van der Waals surface area contributed by atoms with Gasteiger partial charge in [0, 0.05) is 66.2 Å². The van der Waals surface area contributed by atoms with Crippen LogP contribution in [0.3, 0.4) is 0 Å². The number of hydrogen-bond acceptors (Lipinski definition) is 7. The highest BCUT2D eigenvalue weighted by molar-refractivity contribution is 6.03. The molecule has 11 heteroatoms. The molecular formula is C33H37FN8O2. The minimum absolute atomic E-state index is 0.0955. The first-order chi connectivity index (χ1) is 21.1. The first kappa shape index (κ1) is 28.2. The van der Waals surface area contributed by atoms with Crippen LogP contribution in [0, 0.1) is 25.6 Å². The van der Waals surface area contributed by atoms with Crippen LogP contribution in [0.2, 0.25) is 0 Å². The molecule has 2 aromatic heterocycles. The van der Waals surface area contributed by atoms with E-state index in [-0.39, 0.29) is 35.3 Å². The van der Waals surface area contributed by atoms with E-state index >= 15 is 4.39 Å². The van der Waals surface area contributed by atoms with Crippen LogP contribution in [0.4, 0.5) is 16.2 Å². The Hall–Kier alpha value is -4.54. The fourth-order valence-electron chi connectivity index (χ4n) is 6.89. The number of halogens is 1. The zero-order valence-corrected chi connectivity index (χ0v) is 25.5. The molecule has 1 aliphatic carbocycles. The standard InChI is InChI=1S/C33H37FN8O2/c1-6-24(43)41-12-19(5)42(13-18(41)4)32-22-11-17(3)26(25-16(2)7-10-23-27(25)29(39-38-23)20-8-9-20)28(34)30(22)36-33(37-32)40-14-21(15-40)31(35)44/h6-7,10-11,18-21H,1,8-9,12-15H2,2-5H3,(H2,35,44)(H,38,39)/t18-,19+/m1/s1. The largest absolute Gasteiger partial charge is 0.369 e. The number of hydrogen-bond donors (Lipinski definition) is 2. The van der Waals surface area contributed by atoms with E-state index in [4.69, 9.17) is 15.7 Å². The summed E-state index contributed by atoms with van der Waals surface area (Å²) >= 11 is 0. The Kier molecular flexibility index (Phi) is 6.60. The van der Waals surface area contributed by atoms with Crippen molar-refractivity contribution in [2.75, 3.05) is 36.0 Å². The molecule has 3 N–H and O–H groups in total. The highest BCUT2D eigenvalue weighted by Gasteiger charge is 2.37. The van der Waals surface area contributed by atoms with Gasteiger partial charge in [0.25, 0.3) is 0 Å². The van der Waals surface area contributed by atoms with E-state index in [0.29, 0.717) is 54.8 Å². The van der Waals surface area contributed by atoms with Gasteiger partial charge in [-0.2, -0.15) is 10.1 Å². The summed E-state index contributed by atoms with van der Waals surface area (Å²) in [4.78, 5) is 40.0. The zero-order valence-electron chi connectivity index (χ0n) is 25.5. The number of anilines is 2. The Balaban J connectivity index is 1.42. The number of aromatic amines is 1. The van der Waals surface area contributed by atoms with Crippen molar-refractivity contribution >= 4 is 45.4 Å². The molecule has 2 saturated heterocycles. The predicted octanol–water partition coefficient (Wildman–Crippen LogP) is 4.34. The third-order valence-corrected chi connectivity index (χ3v) is 9.57. The number of amides is 2. The first-order valence-electron chi connectivity index (χ1n) is 15.3. The van der Waals surface area contributed by atoms with E-state index in [1.165, 1.54) is 6.08 Å². The minimum Gasteiger partial charge on any atom is -0.369 e. The quantitative estimate of drug-likeness (QED) is 0.317. The number of nitrogens with one attached hydrogen (secondary N) is 1. The van der Waals surface area contributed by atoms with Crippen LogP contribution < -0.4 is 15.5 Å². The van der Waals surface area contributed by atoms with Crippen LogP contribution in [0.1, 0.15) is 49.4 Å². The first-order valence-corrected chi connectivity index (χ1v) is 15.3. The van der Waals surface area contributed by atoms with Gasteiger partial charge in [0.15, 0.2) is 5.82 Å². The van der Waals surface area contributed by atoms with Crippen molar-refractivity contribution < 1.29 is 14.0 Å². The Morgan fingerprint density at radius 3 is 2.48 bits per heavy atom. The fraction of sp³-hybridized carbons (Fsp3) is 0.424.